The van der Waals surface area contributed by atoms with Gasteiger partial charge in [0.2, 0.25) is 0 Å². The lowest BCUT2D eigenvalue weighted by molar-refractivity contribution is 0.0691. The molecular weight excluding hydrogens is 295 g/mol. The molecule has 1 N–H and O–H groups in total. The summed E-state index contributed by atoms with van der Waals surface area (Å²) in [4.78, 5) is 11.1. The van der Waals surface area contributed by atoms with E-state index in [1.807, 2.05) is 0 Å². The number of fused-ring (bicyclic) bond motifs is 2. The molecule has 0 radical (unpaired) electrons. The second kappa shape index (κ2) is 5.81. The van der Waals surface area contributed by atoms with Crippen LogP contribution in [0.5, 0.6) is 5.75 Å². The second-order valence-electron chi connectivity index (χ2n) is 7.64. The van der Waals surface area contributed by atoms with Crippen molar-refractivity contribution in [1.82, 2.24) is 0 Å². The number of benzene rings is 1. The summed E-state index contributed by atoms with van der Waals surface area (Å²) >= 11 is 0. The van der Waals surface area contributed by atoms with Gasteiger partial charge in [0, 0.05) is 6.07 Å². The average Bonchev–Trinajstić information content (AvgIpc) is 3.30. The Hall–Kier alpha value is -1.58. The molecule has 4 heteroatoms. The molecule has 3 atom stereocenters. The first-order valence-electron chi connectivity index (χ1n) is 8.79. The van der Waals surface area contributed by atoms with Crippen LogP contribution in [-0.2, 0) is 0 Å². The number of carbonyl (C=O) groups is 1. The normalized spacial score (nSPS) is 29.5. The van der Waals surface area contributed by atoms with Gasteiger partial charge in [0.25, 0.3) is 0 Å². The largest absolute Gasteiger partial charge is 0.493 e. The highest BCUT2D eigenvalue weighted by atomic mass is 19.1. The molecule has 1 aromatic carbocycles. The first kappa shape index (κ1) is 15.0. The van der Waals surface area contributed by atoms with Crippen LogP contribution in [0.2, 0.25) is 0 Å². The van der Waals surface area contributed by atoms with E-state index in [9.17, 15) is 9.18 Å². The Kier molecular flexibility index (Phi) is 3.78. The van der Waals surface area contributed by atoms with Crippen LogP contribution < -0.4 is 4.74 Å². The fourth-order valence-corrected chi connectivity index (χ4v) is 4.56. The maximum Gasteiger partial charge on any atom is 0.338 e. The van der Waals surface area contributed by atoms with Gasteiger partial charge in [0.15, 0.2) is 0 Å². The summed E-state index contributed by atoms with van der Waals surface area (Å²) < 4.78 is 20.0. The monoisotopic (exact) mass is 318 g/mol. The van der Waals surface area contributed by atoms with Gasteiger partial charge in [-0.2, -0.15) is 0 Å². The van der Waals surface area contributed by atoms with Gasteiger partial charge in [0.1, 0.15) is 11.6 Å². The third kappa shape index (κ3) is 3.08. The molecule has 3 aliphatic rings. The molecule has 3 fully saturated rings. The highest BCUT2D eigenvalue weighted by Gasteiger charge is 2.35. The number of ether oxygens (including phenoxy) is 1. The van der Waals surface area contributed by atoms with Crippen LogP contribution in [0.4, 0.5) is 4.39 Å². The van der Waals surface area contributed by atoms with E-state index in [1.165, 1.54) is 44.2 Å². The topological polar surface area (TPSA) is 46.5 Å². The van der Waals surface area contributed by atoms with Gasteiger partial charge in [0.05, 0.1) is 12.2 Å². The minimum absolute atomic E-state index is 0.241. The van der Waals surface area contributed by atoms with Gasteiger partial charge < -0.3 is 9.84 Å². The molecule has 3 aliphatic carbocycles. The van der Waals surface area contributed by atoms with Crippen molar-refractivity contribution in [2.24, 2.45) is 17.8 Å². The number of carboxylic acids is 1. The predicted molar refractivity (Wildman–Crippen MR) is 84.4 cm³/mol. The second-order valence-corrected chi connectivity index (χ2v) is 7.64. The zero-order chi connectivity index (χ0) is 16.0. The van der Waals surface area contributed by atoms with Gasteiger partial charge in [-0.15, -0.1) is 0 Å². The van der Waals surface area contributed by atoms with Gasteiger partial charge in [-0.05, 0) is 67.4 Å². The van der Waals surface area contributed by atoms with Gasteiger partial charge in [-0.3, -0.25) is 0 Å². The summed E-state index contributed by atoms with van der Waals surface area (Å²) in [6.07, 6.45) is 8.62. The summed E-state index contributed by atoms with van der Waals surface area (Å²) in [6, 6.07) is 2.77. The zero-order valence-electron chi connectivity index (χ0n) is 13.3. The SMILES string of the molecule is O=C(O)c1cc(C2CC2)c(OC[C@H]2C[C@@H]3CC[C@@H](C3)C2)cc1F. The summed E-state index contributed by atoms with van der Waals surface area (Å²) in [5.74, 6) is 1.28. The summed E-state index contributed by atoms with van der Waals surface area (Å²) in [5, 5.41) is 9.10. The fraction of sp³-hybridized carbons (Fsp3) is 0.632. The minimum Gasteiger partial charge on any atom is -0.493 e. The molecule has 4 rings (SSSR count). The van der Waals surface area contributed by atoms with Crippen molar-refractivity contribution in [3.8, 4) is 5.75 Å². The molecule has 23 heavy (non-hydrogen) atoms. The third-order valence-corrected chi connectivity index (χ3v) is 5.80. The summed E-state index contributed by atoms with van der Waals surface area (Å²) in [7, 11) is 0. The smallest absolute Gasteiger partial charge is 0.338 e. The van der Waals surface area contributed by atoms with E-state index in [2.05, 4.69) is 0 Å². The molecule has 124 valence electrons. The molecule has 0 aromatic heterocycles. The highest BCUT2D eigenvalue weighted by Crippen LogP contribution is 2.47. The Bertz CT molecular complexity index is 611. The lowest BCUT2D eigenvalue weighted by atomic mass is 9.81. The molecular formula is C19H23FO3. The lowest BCUT2D eigenvalue weighted by Gasteiger charge is -2.28. The molecule has 0 aliphatic heterocycles. The first-order chi connectivity index (χ1) is 11.1. The summed E-state index contributed by atoms with van der Waals surface area (Å²) in [6.45, 7) is 0.637. The molecule has 0 spiro atoms. The Labute approximate surface area is 135 Å². The van der Waals surface area contributed by atoms with Crippen molar-refractivity contribution >= 4 is 5.97 Å². The number of rotatable bonds is 5. The maximum atomic E-state index is 14.0. The molecule has 0 heterocycles. The van der Waals surface area contributed by atoms with Crippen LogP contribution in [0.25, 0.3) is 0 Å². The van der Waals surface area contributed by atoms with Crippen molar-refractivity contribution in [1.29, 1.82) is 0 Å². The molecule has 2 bridgehead atoms. The van der Waals surface area contributed by atoms with Crippen LogP contribution in [0.3, 0.4) is 0 Å². The number of hydrogen-bond donors (Lipinski definition) is 1. The molecule has 1 aromatic rings. The van der Waals surface area contributed by atoms with Crippen molar-refractivity contribution in [3.05, 3.63) is 29.1 Å². The molecule has 3 nitrogen and oxygen atoms in total. The fourth-order valence-electron chi connectivity index (χ4n) is 4.56. The maximum absolute atomic E-state index is 14.0. The number of aromatic carboxylic acids is 1. The van der Waals surface area contributed by atoms with E-state index in [0.29, 0.717) is 24.2 Å². The molecule has 0 amide bonds. The van der Waals surface area contributed by atoms with Gasteiger partial charge >= 0.3 is 5.97 Å². The first-order valence-corrected chi connectivity index (χ1v) is 8.79. The van der Waals surface area contributed by atoms with Crippen molar-refractivity contribution in [3.63, 3.8) is 0 Å². The minimum atomic E-state index is -1.21. The molecule has 0 saturated heterocycles. The van der Waals surface area contributed by atoms with Crippen molar-refractivity contribution < 1.29 is 19.0 Å². The van der Waals surface area contributed by atoms with E-state index in [1.54, 1.807) is 0 Å². The number of halogens is 1. The van der Waals surface area contributed by atoms with Crippen LogP contribution >= 0.6 is 0 Å². The third-order valence-electron chi connectivity index (χ3n) is 5.80. The van der Waals surface area contributed by atoms with Crippen molar-refractivity contribution in [2.45, 2.75) is 50.9 Å². The molecule has 3 saturated carbocycles. The van der Waals surface area contributed by atoms with E-state index in [-0.39, 0.29) is 5.56 Å². The molecule has 0 unspecified atom stereocenters. The number of hydrogen-bond acceptors (Lipinski definition) is 2. The average molecular weight is 318 g/mol. The Morgan fingerprint density at radius 2 is 1.83 bits per heavy atom. The Morgan fingerprint density at radius 3 is 2.43 bits per heavy atom. The van der Waals surface area contributed by atoms with Gasteiger partial charge in [-0.1, -0.05) is 12.8 Å². The van der Waals surface area contributed by atoms with E-state index < -0.39 is 11.8 Å². The summed E-state index contributed by atoms with van der Waals surface area (Å²) in [5.41, 5.74) is 0.637. The van der Waals surface area contributed by atoms with Crippen LogP contribution in [0, 0.1) is 23.6 Å². The van der Waals surface area contributed by atoms with Crippen LogP contribution in [-0.4, -0.2) is 17.7 Å². The Balaban J connectivity index is 1.49. The lowest BCUT2D eigenvalue weighted by Crippen LogP contribution is -2.22. The highest BCUT2D eigenvalue weighted by molar-refractivity contribution is 5.88. The van der Waals surface area contributed by atoms with Crippen LogP contribution in [0.15, 0.2) is 12.1 Å². The zero-order valence-corrected chi connectivity index (χ0v) is 13.3. The van der Waals surface area contributed by atoms with Crippen molar-refractivity contribution in [2.75, 3.05) is 6.61 Å². The van der Waals surface area contributed by atoms with E-state index in [0.717, 1.165) is 30.2 Å². The Morgan fingerprint density at radius 1 is 1.13 bits per heavy atom. The quantitative estimate of drug-likeness (QED) is 0.862. The predicted octanol–water partition coefficient (Wildman–Crippen LogP) is 4.61. The van der Waals surface area contributed by atoms with E-state index >= 15 is 0 Å². The van der Waals surface area contributed by atoms with Gasteiger partial charge in [-0.25, -0.2) is 9.18 Å². The van der Waals surface area contributed by atoms with E-state index in [4.69, 9.17) is 9.84 Å². The number of carboxylic acid groups (broad SMARTS) is 1. The standard InChI is InChI=1S/C19H23FO3/c20-17-9-18(15(14-3-4-14)8-16(17)19(21)22)23-10-13-6-11-1-2-12(5-11)7-13/h8-9,11-14H,1-7,10H2,(H,21,22)/t11-,12+,13+. The van der Waals surface area contributed by atoms with Crippen LogP contribution in [0.1, 0.15) is 66.8 Å².